The van der Waals surface area contributed by atoms with Crippen molar-refractivity contribution in [3.05, 3.63) is 86.5 Å². The molecule has 0 saturated heterocycles. The normalized spacial score (nSPS) is 11.3. The van der Waals surface area contributed by atoms with E-state index in [1.165, 1.54) is 13.3 Å². The molecule has 2 aromatic heterocycles. The third-order valence-corrected chi connectivity index (χ3v) is 4.91. The van der Waals surface area contributed by atoms with Crippen LogP contribution in [0.2, 0.25) is 10.0 Å². The molecule has 1 N–H and O–H groups in total. The SMILES string of the molecule is Cn1nc(C(=O)N/N=C/c2ccc(-c3cc(Cl)ccc3Cl)o2)c2ccccc2c1=O. The molecule has 2 aromatic carbocycles. The van der Waals surface area contributed by atoms with Gasteiger partial charge in [-0.25, -0.2) is 10.1 Å². The second-order valence-corrected chi connectivity index (χ2v) is 7.19. The highest BCUT2D eigenvalue weighted by Crippen LogP contribution is 2.31. The van der Waals surface area contributed by atoms with E-state index in [0.717, 1.165) is 4.68 Å². The molecular formula is C21H14Cl2N4O3. The zero-order chi connectivity index (χ0) is 21.3. The molecule has 30 heavy (non-hydrogen) atoms. The van der Waals surface area contributed by atoms with E-state index in [9.17, 15) is 9.59 Å². The van der Waals surface area contributed by atoms with Gasteiger partial charge in [0, 0.05) is 23.0 Å². The van der Waals surface area contributed by atoms with E-state index >= 15 is 0 Å². The Morgan fingerprint density at radius 1 is 1.13 bits per heavy atom. The van der Waals surface area contributed by atoms with Crippen LogP contribution < -0.4 is 11.0 Å². The highest BCUT2D eigenvalue weighted by molar-refractivity contribution is 6.35. The van der Waals surface area contributed by atoms with Crippen LogP contribution in [0.4, 0.5) is 0 Å². The average molecular weight is 441 g/mol. The van der Waals surface area contributed by atoms with E-state index in [1.807, 2.05) is 0 Å². The molecule has 150 valence electrons. The van der Waals surface area contributed by atoms with Crippen molar-refractivity contribution in [3.63, 3.8) is 0 Å². The lowest BCUT2D eigenvalue weighted by Gasteiger charge is -2.06. The Hall–Kier alpha value is -3.42. The van der Waals surface area contributed by atoms with Gasteiger partial charge >= 0.3 is 0 Å². The third-order valence-electron chi connectivity index (χ3n) is 4.35. The maximum atomic E-state index is 12.6. The molecule has 0 spiro atoms. The number of nitrogens with one attached hydrogen (secondary N) is 1. The number of hydrazone groups is 1. The first-order valence-electron chi connectivity index (χ1n) is 8.79. The predicted octanol–water partition coefficient (Wildman–Crippen LogP) is 4.26. The number of amides is 1. The van der Waals surface area contributed by atoms with Crippen LogP contribution in [0.1, 0.15) is 16.2 Å². The van der Waals surface area contributed by atoms with E-state index < -0.39 is 5.91 Å². The van der Waals surface area contributed by atoms with Crippen molar-refractivity contribution in [2.75, 3.05) is 0 Å². The largest absolute Gasteiger partial charge is 0.455 e. The van der Waals surface area contributed by atoms with Gasteiger partial charge in [-0.2, -0.15) is 10.2 Å². The Bertz CT molecular complexity index is 1360. The smallest absolute Gasteiger partial charge is 0.292 e. The van der Waals surface area contributed by atoms with Gasteiger partial charge in [-0.1, -0.05) is 41.4 Å². The van der Waals surface area contributed by atoms with E-state index in [0.29, 0.717) is 37.9 Å². The Kier molecular flexibility index (Phi) is 5.39. The van der Waals surface area contributed by atoms with Crippen molar-refractivity contribution in [3.8, 4) is 11.3 Å². The minimum absolute atomic E-state index is 0.0932. The van der Waals surface area contributed by atoms with E-state index in [4.69, 9.17) is 27.6 Å². The number of hydrogen-bond acceptors (Lipinski definition) is 5. The number of aromatic nitrogens is 2. The number of aryl methyl sites for hydroxylation is 1. The summed E-state index contributed by atoms with van der Waals surface area (Å²) in [5, 5.41) is 9.86. The summed E-state index contributed by atoms with van der Waals surface area (Å²) < 4.78 is 6.81. The van der Waals surface area contributed by atoms with Crippen LogP contribution in [-0.2, 0) is 7.05 Å². The summed E-state index contributed by atoms with van der Waals surface area (Å²) in [6.45, 7) is 0. The molecule has 0 unspecified atom stereocenters. The van der Waals surface area contributed by atoms with Crippen molar-refractivity contribution >= 4 is 46.1 Å². The van der Waals surface area contributed by atoms with Crippen molar-refractivity contribution in [1.29, 1.82) is 0 Å². The van der Waals surface area contributed by atoms with Crippen LogP contribution >= 0.6 is 23.2 Å². The fourth-order valence-electron chi connectivity index (χ4n) is 2.93. The Labute approximate surface area is 180 Å². The lowest BCUT2D eigenvalue weighted by atomic mass is 10.1. The standard InChI is InChI=1S/C21H14Cl2N4O3/c1-27-21(29)15-5-3-2-4-14(15)19(26-27)20(28)25-24-11-13-7-9-18(30-13)16-10-12(22)6-8-17(16)23/h2-11H,1H3,(H,25,28)/b24-11+. The number of carbonyl (C=O) groups is 1. The molecule has 0 bridgehead atoms. The monoisotopic (exact) mass is 440 g/mol. The second-order valence-electron chi connectivity index (χ2n) is 6.35. The van der Waals surface area contributed by atoms with Crippen molar-refractivity contribution in [2.24, 2.45) is 12.1 Å². The number of nitrogens with zero attached hydrogens (tertiary/aromatic N) is 3. The zero-order valence-corrected chi connectivity index (χ0v) is 17.1. The molecule has 0 radical (unpaired) electrons. The summed E-state index contributed by atoms with van der Waals surface area (Å²) in [6.07, 6.45) is 1.35. The van der Waals surface area contributed by atoms with Gasteiger partial charge in [0.05, 0.1) is 16.6 Å². The molecule has 0 atom stereocenters. The predicted molar refractivity (Wildman–Crippen MR) is 116 cm³/mol. The minimum Gasteiger partial charge on any atom is -0.455 e. The number of furan rings is 1. The molecule has 4 aromatic rings. The highest BCUT2D eigenvalue weighted by Gasteiger charge is 2.15. The van der Waals surface area contributed by atoms with Gasteiger partial charge in [-0.05, 0) is 36.4 Å². The Morgan fingerprint density at radius 2 is 1.90 bits per heavy atom. The summed E-state index contributed by atoms with van der Waals surface area (Å²) in [5.74, 6) is 0.364. The van der Waals surface area contributed by atoms with E-state index in [-0.39, 0.29) is 11.3 Å². The van der Waals surface area contributed by atoms with E-state index in [2.05, 4.69) is 15.6 Å². The first-order chi connectivity index (χ1) is 14.4. The summed E-state index contributed by atoms with van der Waals surface area (Å²) in [4.78, 5) is 24.7. The molecule has 0 aliphatic heterocycles. The topological polar surface area (TPSA) is 89.5 Å². The number of hydrogen-bond donors (Lipinski definition) is 1. The molecule has 4 rings (SSSR count). The first kappa shape index (κ1) is 19.9. The van der Waals surface area contributed by atoms with Gasteiger partial charge in [0.2, 0.25) is 0 Å². The minimum atomic E-state index is -0.553. The molecule has 0 fully saturated rings. The Morgan fingerprint density at radius 3 is 2.70 bits per heavy atom. The molecule has 7 nitrogen and oxygen atoms in total. The number of carbonyl (C=O) groups excluding carboxylic acids is 1. The average Bonchev–Trinajstić information content (AvgIpc) is 3.21. The first-order valence-corrected chi connectivity index (χ1v) is 9.54. The van der Waals surface area contributed by atoms with Gasteiger partial charge in [0.15, 0.2) is 5.69 Å². The van der Waals surface area contributed by atoms with Crippen molar-refractivity contribution < 1.29 is 9.21 Å². The molecule has 1 amide bonds. The second kappa shape index (κ2) is 8.14. The summed E-state index contributed by atoms with van der Waals surface area (Å²) >= 11 is 12.2. The van der Waals surface area contributed by atoms with Crippen LogP contribution in [0.15, 0.2) is 68.9 Å². The molecule has 2 heterocycles. The molecular weight excluding hydrogens is 427 g/mol. The van der Waals surface area contributed by atoms with Gasteiger partial charge in [0.1, 0.15) is 11.5 Å². The number of rotatable bonds is 4. The zero-order valence-electron chi connectivity index (χ0n) is 15.6. The molecule has 0 saturated carbocycles. The number of benzene rings is 2. The lowest BCUT2D eigenvalue weighted by Crippen LogP contribution is -2.27. The van der Waals surface area contributed by atoms with E-state index in [1.54, 1.807) is 54.6 Å². The Balaban J connectivity index is 1.55. The number of fused-ring (bicyclic) bond motifs is 1. The number of halogens is 2. The fourth-order valence-corrected chi connectivity index (χ4v) is 3.31. The van der Waals surface area contributed by atoms with Crippen molar-refractivity contribution in [2.45, 2.75) is 0 Å². The maximum Gasteiger partial charge on any atom is 0.292 e. The van der Waals surface area contributed by atoms with Crippen LogP contribution in [0.3, 0.4) is 0 Å². The summed E-state index contributed by atoms with van der Waals surface area (Å²) in [7, 11) is 1.49. The third kappa shape index (κ3) is 3.85. The van der Waals surface area contributed by atoms with Gasteiger partial charge in [-0.15, -0.1) is 0 Å². The molecule has 0 aliphatic carbocycles. The highest BCUT2D eigenvalue weighted by atomic mass is 35.5. The van der Waals surface area contributed by atoms with Crippen molar-refractivity contribution in [1.82, 2.24) is 15.2 Å². The van der Waals surface area contributed by atoms with Crippen LogP contribution in [0.25, 0.3) is 22.1 Å². The summed E-state index contributed by atoms with van der Waals surface area (Å²) in [5.41, 5.74) is 2.86. The van der Waals surface area contributed by atoms with Crippen LogP contribution in [-0.4, -0.2) is 21.9 Å². The molecule has 0 aliphatic rings. The van der Waals surface area contributed by atoms with Gasteiger partial charge in [0.25, 0.3) is 11.5 Å². The molecule has 9 heteroatoms. The quantitative estimate of drug-likeness (QED) is 0.379. The lowest BCUT2D eigenvalue weighted by molar-refractivity contribution is 0.0950. The van der Waals surface area contributed by atoms with Crippen LogP contribution in [0, 0.1) is 0 Å². The fraction of sp³-hybridized carbons (Fsp3) is 0.0476. The maximum absolute atomic E-state index is 12.6. The van der Waals surface area contributed by atoms with Crippen LogP contribution in [0.5, 0.6) is 0 Å². The van der Waals surface area contributed by atoms with Gasteiger partial charge < -0.3 is 4.42 Å². The summed E-state index contributed by atoms with van der Waals surface area (Å²) in [6, 6.07) is 15.2. The van der Waals surface area contributed by atoms with Gasteiger partial charge in [-0.3, -0.25) is 9.59 Å².